The third-order valence-electron chi connectivity index (χ3n) is 5.82. The van der Waals surface area contributed by atoms with Crippen LogP contribution in [0, 0.1) is 23.2 Å². The Bertz CT molecular complexity index is 362. The number of hydrogen-bond donors (Lipinski definition) is 1. The molecule has 2 fully saturated rings. The first kappa shape index (κ1) is 10.8. The number of allylic oxidation sites excluding steroid dienone is 1. The van der Waals surface area contributed by atoms with Gasteiger partial charge in [0.2, 0.25) is 0 Å². The van der Waals surface area contributed by atoms with Gasteiger partial charge in [-0.1, -0.05) is 25.0 Å². The lowest BCUT2D eigenvalue weighted by Gasteiger charge is -2.28. The molecule has 0 saturated heterocycles. The average Bonchev–Trinajstić information content (AvgIpc) is 2.61. The molecule has 0 unspecified atom stereocenters. The molecule has 0 aromatic rings. The Morgan fingerprint density at radius 3 is 2.56 bits per heavy atom. The first-order valence-electron chi connectivity index (χ1n) is 6.76. The summed E-state index contributed by atoms with van der Waals surface area (Å²) in [6.07, 6.45) is 4.73. The maximum Gasteiger partial charge on any atom is 0.0690 e. The van der Waals surface area contributed by atoms with Crippen molar-refractivity contribution in [3.05, 3.63) is 11.1 Å². The van der Waals surface area contributed by atoms with E-state index in [1.165, 1.54) is 12.8 Å². The molecule has 0 amide bonds. The maximum absolute atomic E-state index is 10.6. The van der Waals surface area contributed by atoms with Crippen molar-refractivity contribution in [2.75, 3.05) is 0 Å². The van der Waals surface area contributed by atoms with Crippen LogP contribution in [0.15, 0.2) is 11.1 Å². The quantitative estimate of drug-likeness (QED) is 0.619. The molecule has 3 aliphatic rings. The summed E-state index contributed by atoms with van der Waals surface area (Å²) in [7, 11) is 0. The minimum atomic E-state index is -0.433. The summed E-state index contributed by atoms with van der Waals surface area (Å²) in [6.45, 7) is 9.15. The third-order valence-corrected chi connectivity index (χ3v) is 5.82. The number of fused-ring (bicyclic) bond motifs is 3. The van der Waals surface area contributed by atoms with Crippen molar-refractivity contribution in [2.24, 2.45) is 23.2 Å². The first-order chi connectivity index (χ1) is 7.36. The van der Waals surface area contributed by atoms with Crippen LogP contribution in [0.3, 0.4) is 0 Å². The molecule has 0 aliphatic heterocycles. The highest BCUT2D eigenvalue weighted by Gasteiger charge is 2.65. The zero-order chi connectivity index (χ0) is 11.7. The van der Waals surface area contributed by atoms with Gasteiger partial charge < -0.3 is 5.11 Å². The normalized spacial score (nSPS) is 49.7. The molecule has 1 nitrogen and oxygen atoms in total. The topological polar surface area (TPSA) is 20.2 Å². The van der Waals surface area contributed by atoms with E-state index in [9.17, 15) is 5.11 Å². The Morgan fingerprint density at radius 1 is 1.19 bits per heavy atom. The fraction of sp³-hybridized carbons (Fsp3) is 0.867. The molecule has 0 aromatic carbocycles. The number of aliphatic hydroxyl groups is 1. The average molecular weight is 220 g/mol. The SMILES string of the molecule is CC1=C2CC[C@](C)(O)[C@H]2[C@H]2[C@@H](CC1)C2(C)C. The maximum atomic E-state index is 10.6. The summed E-state index contributed by atoms with van der Waals surface area (Å²) in [5.41, 5.74) is 3.25. The summed E-state index contributed by atoms with van der Waals surface area (Å²) in [5.74, 6) is 2.07. The van der Waals surface area contributed by atoms with Crippen molar-refractivity contribution >= 4 is 0 Å². The zero-order valence-electron chi connectivity index (χ0n) is 11.0. The molecule has 1 N–H and O–H groups in total. The van der Waals surface area contributed by atoms with Crippen molar-refractivity contribution in [1.29, 1.82) is 0 Å². The summed E-state index contributed by atoms with van der Waals surface area (Å²) >= 11 is 0. The third kappa shape index (κ3) is 1.21. The van der Waals surface area contributed by atoms with Crippen LogP contribution in [0.4, 0.5) is 0 Å². The van der Waals surface area contributed by atoms with E-state index in [4.69, 9.17) is 0 Å². The lowest BCUT2D eigenvalue weighted by Crippen LogP contribution is -2.32. The van der Waals surface area contributed by atoms with Gasteiger partial charge in [-0.3, -0.25) is 0 Å². The predicted octanol–water partition coefficient (Wildman–Crippen LogP) is 3.53. The molecule has 3 rings (SSSR count). The number of hydrogen-bond acceptors (Lipinski definition) is 1. The van der Waals surface area contributed by atoms with Gasteiger partial charge in [-0.05, 0) is 56.8 Å². The molecule has 90 valence electrons. The van der Waals surface area contributed by atoms with E-state index in [0.717, 1.165) is 24.7 Å². The monoisotopic (exact) mass is 220 g/mol. The van der Waals surface area contributed by atoms with Gasteiger partial charge in [0, 0.05) is 5.92 Å². The fourth-order valence-corrected chi connectivity index (χ4v) is 4.69. The van der Waals surface area contributed by atoms with Gasteiger partial charge in [-0.15, -0.1) is 0 Å². The van der Waals surface area contributed by atoms with E-state index in [1.807, 2.05) is 0 Å². The highest BCUT2D eigenvalue weighted by Crippen LogP contribution is 2.70. The molecular formula is C15H24O. The molecule has 0 aromatic heterocycles. The predicted molar refractivity (Wildman–Crippen MR) is 66.0 cm³/mol. The molecule has 4 atom stereocenters. The van der Waals surface area contributed by atoms with E-state index in [-0.39, 0.29) is 0 Å². The molecule has 2 saturated carbocycles. The van der Waals surface area contributed by atoms with Crippen LogP contribution in [0.2, 0.25) is 0 Å². The van der Waals surface area contributed by atoms with Crippen LogP contribution in [-0.2, 0) is 0 Å². The molecule has 3 aliphatic carbocycles. The minimum absolute atomic E-state index is 0.433. The summed E-state index contributed by atoms with van der Waals surface area (Å²) in [4.78, 5) is 0. The van der Waals surface area contributed by atoms with Gasteiger partial charge in [0.15, 0.2) is 0 Å². The standard InChI is InChI=1S/C15H24O/c1-9-5-6-11-13(14(11,2)3)12-10(9)7-8-15(12,4)16/h11-13,16H,5-8H2,1-4H3/t11-,12-,13-,15+/m1/s1. The molecule has 0 spiro atoms. The van der Waals surface area contributed by atoms with Gasteiger partial charge in [-0.2, -0.15) is 0 Å². The van der Waals surface area contributed by atoms with Crippen LogP contribution in [0.1, 0.15) is 53.4 Å². The van der Waals surface area contributed by atoms with Gasteiger partial charge in [0.25, 0.3) is 0 Å². The van der Waals surface area contributed by atoms with E-state index in [2.05, 4.69) is 27.7 Å². The number of rotatable bonds is 0. The van der Waals surface area contributed by atoms with Crippen LogP contribution >= 0.6 is 0 Å². The van der Waals surface area contributed by atoms with Crippen LogP contribution in [0.5, 0.6) is 0 Å². The Balaban J connectivity index is 2.04. The molecule has 0 radical (unpaired) electrons. The largest absolute Gasteiger partial charge is 0.390 e. The van der Waals surface area contributed by atoms with Crippen molar-refractivity contribution in [3.8, 4) is 0 Å². The molecular weight excluding hydrogens is 196 g/mol. The summed E-state index contributed by atoms with van der Waals surface area (Å²) < 4.78 is 0. The first-order valence-corrected chi connectivity index (χ1v) is 6.76. The van der Waals surface area contributed by atoms with Crippen LogP contribution in [-0.4, -0.2) is 10.7 Å². The summed E-state index contributed by atoms with van der Waals surface area (Å²) in [6, 6.07) is 0. The second-order valence-electron chi connectivity index (χ2n) is 7.13. The van der Waals surface area contributed by atoms with E-state index in [1.54, 1.807) is 11.1 Å². The van der Waals surface area contributed by atoms with Crippen molar-refractivity contribution in [3.63, 3.8) is 0 Å². The fourth-order valence-electron chi connectivity index (χ4n) is 4.69. The summed E-state index contributed by atoms with van der Waals surface area (Å²) in [5, 5.41) is 10.6. The van der Waals surface area contributed by atoms with Gasteiger partial charge in [-0.25, -0.2) is 0 Å². The second kappa shape index (κ2) is 2.93. The highest BCUT2D eigenvalue weighted by molar-refractivity contribution is 5.32. The Morgan fingerprint density at radius 2 is 1.88 bits per heavy atom. The Kier molecular flexibility index (Phi) is 1.98. The zero-order valence-corrected chi connectivity index (χ0v) is 11.0. The molecule has 0 bridgehead atoms. The molecule has 0 heterocycles. The molecule has 1 heteroatoms. The van der Waals surface area contributed by atoms with E-state index >= 15 is 0 Å². The van der Waals surface area contributed by atoms with Gasteiger partial charge in [0.05, 0.1) is 5.60 Å². The van der Waals surface area contributed by atoms with Crippen LogP contribution < -0.4 is 0 Å². The Hall–Kier alpha value is -0.300. The Labute approximate surface area is 98.9 Å². The minimum Gasteiger partial charge on any atom is -0.390 e. The van der Waals surface area contributed by atoms with E-state index in [0.29, 0.717) is 11.3 Å². The van der Waals surface area contributed by atoms with Crippen LogP contribution in [0.25, 0.3) is 0 Å². The van der Waals surface area contributed by atoms with Gasteiger partial charge >= 0.3 is 0 Å². The van der Waals surface area contributed by atoms with Gasteiger partial charge in [0.1, 0.15) is 0 Å². The lowest BCUT2D eigenvalue weighted by molar-refractivity contribution is 0.0153. The second-order valence-corrected chi connectivity index (χ2v) is 7.13. The smallest absolute Gasteiger partial charge is 0.0690 e. The van der Waals surface area contributed by atoms with Crippen molar-refractivity contribution < 1.29 is 5.11 Å². The molecule has 16 heavy (non-hydrogen) atoms. The van der Waals surface area contributed by atoms with Crippen molar-refractivity contribution in [2.45, 2.75) is 59.0 Å². The van der Waals surface area contributed by atoms with E-state index < -0.39 is 5.60 Å². The highest BCUT2D eigenvalue weighted by atomic mass is 16.3. The lowest BCUT2D eigenvalue weighted by atomic mass is 9.82. The van der Waals surface area contributed by atoms with Crippen molar-refractivity contribution in [1.82, 2.24) is 0 Å².